The summed E-state index contributed by atoms with van der Waals surface area (Å²) in [5.41, 5.74) is 0.758. The summed E-state index contributed by atoms with van der Waals surface area (Å²) in [7, 11) is -3.81. The second-order valence-corrected chi connectivity index (χ2v) is 8.84. The second-order valence-electron chi connectivity index (χ2n) is 6.47. The van der Waals surface area contributed by atoms with E-state index in [1.807, 2.05) is 13.8 Å². The zero-order valence-electron chi connectivity index (χ0n) is 15.6. The highest BCUT2D eigenvalue weighted by atomic mass is 35.5. The Bertz CT molecular complexity index is 839. The monoisotopic (exact) mass is 408 g/mol. The van der Waals surface area contributed by atoms with Crippen molar-refractivity contribution >= 4 is 27.5 Å². The molecule has 0 aromatic heterocycles. The molecule has 0 aliphatic heterocycles. The lowest BCUT2D eigenvalue weighted by molar-refractivity contribution is -0.122. The topological polar surface area (TPSA) is 66.5 Å². The maximum atomic E-state index is 13.1. The normalized spacial score (nSPS) is 12.7. The fourth-order valence-corrected chi connectivity index (χ4v) is 4.28. The molecular formula is C20H25ClN2O3S. The van der Waals surface area contributed by atoms with Crippen molar-refractivity contribution in [1.82, 2.24) is 9.62 Å². The summed E-state index contributed by atoms with van der Waals surface area (Å²) in [6, 6.07) is 15.1. The minimum Gasteiger partial charge on any atom is -0.353 e. The molecule has 27 heavy (non-hydrogen) atoms. The van der Waals surface area contributed by atoms with E-state index in [2.05, 4.69) is 5.32 Å². The van der Waals surface area contributed by atoms with Crippen molar-refractivity contribution < 1.29 is 13.2 Å². The smallest absolute Gasteiger partial charge is 0.243 e. The van der Waals surface area contributed by atoms with E-state index in [1.54, 1.807) is 42.5 Å². The van der Waals surface area contributed by atoms with Crippen LogP contribution in [0.5, 0.6) is 0 Å². The molecule has 0 saturated heterocycles. The lowest BCUT2D eigenvalue weighted by atomic mass is 10.2. The highest BCUT2D eigenvalue weighted by Crippen LogP contribution is 2.19. The molecule has 1 N–H and O–H groups in total. The molecule has 0 bridgehead atoms. The van der Waals surface area contributed by atoms with Crippen LogP contribution in [-0.2, 0) is 21.4 Å². The molecule has 1 atom stereocenters. The Morgan fingerprint density at radius 3 is 2.33 bits per heavy atom. The Morgan fingerprint density at radius 1 is 1.11 bits per heavy atom. The standard InChI is InChI=1S/C20H25ClN2O3S/c1-3-7-16(2)22-20(24)15-23(14-17-10-12-18(21)13-11-17)27(25,26)19-8-5-4-6-9-19/h4-6,8-13,16H,3,7,14-15H2,1-2H3,(H,22,24). The maximum Gasteiger partial charge on any atom is 0.243 e. The van der Waals surface area contributed by atoms with Gasteiger partial charge in [0.1, 0.15) is 0 Å². The van der Waals surface area contributed by atoms with Crippen molar-refractivity contribution in [2.75, 3.05) is 6.54 Å². The van der Waals surface area contributed by atoms with Gasteiger partial charge in [-0.15, -0.1) is 0 Å². The molecule has 146 valence electrons. The largest absolute Gasteiger partial charge is 0.353 e. The van der Waals surface area contributed by atoms with Gasteiger partial charge in [0.05, 0.1) is 11.4 Å². The summed E-state index contributed by atoms with van der Waals surface area (Å²) < 4.78 is 27.3. The van der Waals surface area contributed by atoms with E-state index in [-0.39, 0.29) is 29.9 Å². The maximum absolute atomic E-state index is 13.1. The Labute approximate surface area is 166 Å². The van der Waals surface area contributed by atoms with Gasteiger partial charge in [0.15, 0.2) is 0 Å². The predicted molar refractivity (Wildman–Crippen MR) is 108 cm³/mol. The number of nitrogens with one attached hydrogen (secondary N) is 1. The van der Waals surface area contributed by atoms with Crippen LogP contribution in [-0.4, -0.2) is 31.2 Å². The number of rotatable bonds is 9. The third-order valence-electron chi connectivity index (χ3n) is 4.10. The van der Waals surface area contributed by atoms with Crippen LogP contribution in [0.2, 0.25) is 5.02 Å². The number of carbonyl (C=O) groups excluding carboxylic acids is 1. The van der Waals surface area contributed by atoms with E-state index < -0.39 is 10.0 Å². The quantitative estimate of drug-likeness (QED) is 0.685. The van der Waals surface area contributed by atoms with Crippen molar-refractivity contribution in [3.8, 4) is 0 Å². The summed E-state index contributed by atoms with van der Waals surface area (Å²) in [5, 5.41) is 3.44. The van der Waals surface area contributed by atoms with E-state index in [0.717, 1.165) is 18.4 Å². The van der Waals surface area contributed by atoms with Gasteiger partial charge in [-0.2, -0.15) is 4.31 Å². The van der Waals surface area contributed by atoms with Gasteiger partial charge in [-0.25, -0.2) is 8.42 Å². The van der Waals surface area contributed by atoms with Gasteiger partial charge in [0, 0.05) is 17.6 Å². The molecule has 2 aromatic rings. The summed E-state index contributed by atoms with van der Waals surface area (Å²) in [5.74, 6) is -0.315. The average molecular weight is 409 g/mol. The first kappa shape index (κ1) is 21.4. The molecule has 2 rings (SSSR count). The molecule has 2 aromatic carbocycles. The highest BCUT2D eigenvalue weighted by molar-refractivity contribution is 7.89. The molecule has 0 radical (unpaired) electrons. The highest BCUT2D eigenvalue weighted by Gasteiger charge is 2.27. The average Bonchev–Trinajstić information content (AvgIpc) is 2.63. The Hall–Kier alpha value is -1.89. The number of hydrogen-bond acceptors (Lipinski definition) is 3. The molecule has 0 saturated carbocycles. The van der Waals surface area contributed by atoms with Crippen LogP contribution in [0.4, 0.5) is 0 Å². The first-order chi connectivity index (χ1) is 12.8. The lowest BCUT2D eigenvalue weighted by Crippen LogP contribution is -2.43. The van der Waals surface area contributed by atoms with Crippen LogP contribution in [0, 0.1) is 0 Å². The van der Waals surface area contributed by atoms with E-state index in [1.165, 1.54) is 16.4 Å². The van der Waals surface area contributed by atoms with E-state index >= 15 is 0 Å². The third-order valence-corrected chi connectivity index (χ3v) is 6.16. The molecule has 0 aliphatic carbocycles. The molecule has 1 unspecified atom stereocenters. The Morgan fingerprint density at radius 2 is 1.74 bits per heavy atom. The summed E-state index contributed by atoms with van der Waals surface area (Å²) >= 11 is 5.91. The molecule has 0 fully saturated rings. The van der Waals surface area contributed by atoms with Crippen molar-refractivity contribution in [3.63, 3.8) is 0 Å². The van der Waals surface area contributed by atoms with Crippen molar-refractivity contribution in [2.45, 2.75) is 44.2 Å². The number of carbonyl (C=O) groups is 1. The van der Waals surface area contributed by atoms with Crippen LogP contribution in [0.3, 0.4) is 0 Å². The van der Waals surface area contributed by atoms with Crippen molar-refractivity contribution in [1.29, 1.82) is 0 Å². The number of nitrogens with zero attached hydrogens (tertiary/aromatic N) is 1. The van der Waals surface area contributed by atoms with Crippen LogP contribution in [0.1, 0.15) is 32.3 Å². The molecule has 0 aliphatic rings. The van der Waals surface area contributed by atoms with Gasteiger partial charge >= 0.3 is 0 Å². The zero-order valence-corrected chi connectivity index (χ0v) is 17.1. The third kappa shape index (κ3) is 6.34. The predicted octanol–water partition coefficient (Wildman–Crippen LogP) is 3.84. The SMILES string of the molecule is CCCC(C)NC(=O)CN(Cc1ccc(Cl)cc1)S(=O)(=O)c1ccccc1. The Balaban J connectivity index is 2.25. The molecule has 1 amide bonds. The van der Waals surface area contributed by atoms with Crippen molar-refractivity contribution in [2.24, 2.45) is 0 Å². The van der Waals surface area contributed by atoms with Crippen LogP contribution in [0.15, 0.2) is 59.5 Å². The minimum absolute atomic E-state index is 0.000638. The molecule has 0 spiro atoms. The summed E-state index contributed by atoms with van der Waals surface area (Å²) in [6.45, 7) is 3.80. The second kappa shape index (κ2) is 9.88. The lowest BCUT2D eigenvalue weighted by Gasteiger charge is -2.23. The van der Waals surface area contributed by atoms with Crippen LogP contribution in [0.25, 0.3) is 0 Å². The van der Waals surface area contributed by atoms with E-state index in [9.17, 15) is 13.2 Å². The molecule has 7 heteroatoms. The summed E-state index contributed by atoms with van der Waals surface area (Å²) in [6.07, 6.45) is 1.78. The minimum atomic E-state index is -3.81. The molecule has 5 nitrogen and oxygen atoms in total. The van der Waals surface area contributed by atoms with Gasteiger partial charge in [-0.1, -0.05) is 55.3 Å². The fourth-order valence-electron chi connectivity index (χ4n) is 2.75. The van der Waals surface area contributed by atoms with Crippen LogP contribution >= 0.6 is 11.6 Å². The van der Waals surface area contributed by atoms with E-state index in [0.29, 0.717) is 5.02 Å². The Kier molecular flexibility index (Phi) is 7.83. The number of benzene rings is 2. The number of amides is 1. The van der Waals surface area contributed by atoms with Gasteiger partial charge in [-0.3, -0.25) is 4.79 Å². The fraction of sp³-hybridized carbons (Fsp3) is 0.350. The van der Waals surface area contributed by atoms with Crippen molar-refractivity contribution in [3.05, 3.63) is 65.2 Å². The number of sulfonamides is 1. The molecule has 0 heterocycles. The van der Waals surface area contributed by atoms with E-state index in [4.69, 9.17) is 11.6 Å². The van der Waals surface area contributed by atoms with Gasteiger partial charge in [0.25, 0.3) is 0 Å². The number of hydrogen-bond donors (Lipinski definition) is 1. The van der Waals surface area contributed by atoms with Gasteiger partial charge in [-0.05, 0) is 43.2 Å². The van der Waals surface area contributed by atoms with Gasteiger partial charge < -0.3 is 5.32 Å². The zero-order chi connectivity index (χ0) is 19.9. The first-order valence-corrected chi connectivity index (χ1v) is 10.7. The number of halogens is 1. The summed E-state index contributed by atoms with van der Waals surface area (Å²) in [4.78, 5) is 12.6. The molecular weight excluding hydrogens is 384 g/mol. The first-order valence-electron chi connectivity index (χ1n) is 8.92. The van der Waals surface area contributed by atoms with Gasteiger partial charge in [0.2, 0.25) is 15.9 Å². The van der Waals surface area contributed by atoms with Crippen LogP contribution < -0.4 is 5.32 Å².